The maximum absolute atomic E-state index is 12.0. The van der Waals surface area contributed by atoms with Gasteiger partial charge < -0.3 is 15.8 Å². The first kappa shape index (κ1) is 16.5. The van der Waals surface area contributed by atoms with Gasteiger partial charge in [0.05, 0.1) is 6.61 Å². The number of carbonyl (C=O) groups excluding carboxylic acids is 1. The zero-order valence-corrected chi connectivity index (χ0v) is 12.7. The van der Waals surface area contributed by atoms with E-state index in [0.29, 0.717) is 12.1 Å². The van der Waals surface area contributed by atoms with E-state index in [1.807, 2.05) is 26.0 Å². The first-order valence-electron chi connectivity index (χ1n) is 7.24. The van der Waals surface area contributed by atoms with Crippen LogP contribution in [0.4, 0.5) is 0 Å². The molecular weight excluding hydrogens is 252 g/mol. The fourth-order valence-electron chi connectivity index (χ4n) is 1.68. The Morgan fingerprint density at radius 2 is 1.90 bits per heavy atom. The SMILES string of the molecule is CCCCCOc1ccc(C(=O)NC(C)(C)CN)cc1. The van der Waals surface area contributed by atoms with Gasteiger partial charge >= 0.3 is 0 Å². The molecule has 0 fully saturated rings. The molecule has 3 N–H and O–H groups in total. The van der Waals surface area contributed by atoms with Crippen LogP contribution in [-0.2, 0) is 0 Å². The van der Waals surface area contributed by atoms with E-state index in [0.717, 1.165) is 18.8 Å². The molecule has 20 heavy (non-hydrogen) atoms. The molecule has 0 bridgehead atoms. The third-order valence-electron chi connectivity index (χ3n) is 3.10. The molecule has 1 amide bonds. The van der Waals surface area contributed by atoms with Gasteiger partial charge in [0.1, 0.15) is 5.75 Å². The van der Waals surface area contributed by atoms with E-state index in [2.05, 4.69) is 12.2 Å². The number of carbonyl (C=O) groups is 1. The van der Waals surface area contributed by atoms with Crippen LogP contribution in [0.25, 0.3) is 0 Å². The van der Waals surface area contributed by atoms with E-state index in [1.54, 1.807) is 12.1 Å². The summed E-state index contributed by atoms with van der Waals surface area (Å²) in [5, 5.41) is 2.90. The van der Waals surface area contributed by atoms with Crippen molar-refractivity contribution in [2.24, 2.45) is 5.73 Å². The van der Waals surface area contributed by atoms with Crippen LogP contribution in [0.3, 0.4) is 0 Å². The number of unbranched alkanes of at least 4 members (excludes halogenated alkanes) is 2. The molecule has 112 valence electrons. The molecular formula is C16H26N2O2. The van der Waals surface area contributed by atoms with Crippen molar-refractivity contribution in [3.05, 3.63) is 29.8 Å². The summed E-state index contributed by atoms with van der Waals surface area (Å²) in [4.78, 5) is 12.0. The zero-order chi connectivity index (χ0) is 15.0. The van der Waals surface area contributed by atoms with Crippen molar-refractivity contribution in [1.82, 2.24) is 5.32 Å². The van der Waals surface area contributed by atoms with Crippen LogP contribution in [0, 0.1) is 0 Å². The van der Waals surface area contributed by atoms with E-state index in [-0.39, 0.29) is 5.91 Å². The summed E-state index contributed by atoms with van der Waals surface area (Å²) in [7, 11) is 0. The molecule has 0 radical (unpaired) electrons. The minimum atomic E-state index is -0.396. The number of hydrogen-bond acceptors (Lipinski definition) is 3. The Morgan fingerprint density at radius 1 is 1.25 bits per heavy atom. The molecule has 0 saturated heterocycles. The normalized spacial score (nSPS) is 11.2. The van der Waals surface area contributed by atoms with Gasteiger partial charge in [-0.15, -0.1) is 0 Å². The van der Waals surface area contributed by atoms with Crippen LogP contribution < -0.4 is 15.8 Å². The summed E-state index contributed by atoms with van der Waals surface area (Å²) in [6.45, 7) is 7.08. The van der Waals surface area contributed by atoms with Crippen molar-refractivity contribution >= 4 is 5.91 Å². The van der Waals surface area contributed by atoms with Gasteiger partial charge in [-0.3, -0.25) is 4.79 Å². The number of nitrogens with one attached hydrogen (secondary N) is 1. The minimum absolute atomic E-state index is 0.113. The van der Waals surface area contributed by atoms with E-state index in [1.165, 1.54) is 12.8 Å². The third kappa shape index (κ3) is 5.61. The molecule has 1 rings (SSSR count). The molecule has 4 heteroatoms. The van der Waals surface area contributed by atoms with Crippen molar-refractivity contribution in [1.29, 1.82) is 0 Å². The standard InChI is InChI=1S/C16H26N2O2/c1-4-5-6-11-20-14-9-7-13(8-10-14)15(19)18-16(2,3)12-17/h7-10H,4-6,11-12,17H2,1-3H3,(H,18,19). The highest BCUT2D eigenvalue weighted by atomic mass is 16.5. The minimum Gasteiger partial charge on any atom is -0.494 e. The molecule has 0 spiro atoms. The highest BCUT2D eigenvalue weighted by Gasteiger charge is 2.19. The highest BCUT2D eigenvalue weighted by Crippen LogP contribution is 2.13. The molecule has 0 aliphatic rings. The quantitative estimate of drug-likeness (QED) is 0.719. The van der Waals surface area contributed by atoms with Crippen molar-refractivity contribution in [2.75, 3.05) is 13.2 Å². The second kappa shape index (κ2) is 7.90. The predicted molar refractivity (Wildman–Crippen MR) is 82.1 cm³/mol. The Balaban J connectivity index is 2.51. The second-order valence-electron chi connectivity index (χ2n) is 5.62. The van der Waals surface area contributed by atoms with E-state index >= 15 is 0 Å². The van der Waals surface area contributed by atoms with Gasteiger partial charge in [0, 0.05) is 17.6 Å². The second-order valence-corrected chi connectivity index (χ2v) is 5.62. The topological polar surface area (TPSA) is 64.3 Å². The molecule has 4 nitrogen and oxygen atoms in total. The zero-order valence-electron chi connectivity index (χ0n) is 12.7. The Hall–Kier alpha value is -1.55. The lowest BCUT2D eigenvalue weighted by Crippen LogP contribution is -2.48. The number of benzene rings is 1. The summed E-state index contributed by atoms with van der Waals surface area (Å²) >= 11 is 0. The van der Waals surface area contributed by atoms with Crippen LogP contribution in [0.5, 0.6) is 5.75 Å². The highest BCUT2D eigenvalue weighted by molar-refractivity contribution is 5.94. The van der Waals surface area contributed by atoms with Gasteiger partial charge in [-0.05, 0) is 44.5 Å². The van der Waals surface area contributed by atoms with Gasteiger partial charge in [-0.1, -0.05) is 19.8 Å². The van der Waals surface area contributed by atoms with E-state index in [4.69, 9.17) is 10.5 Å². The molecule has 0 aromatic heterocycles. The summed E-state index contributed by atoms with van der Waals surface area (Å²) in [5.41, 5.74) is 5.82. The monoisotopic (exact) mass is 278 g/mol. The van der Waals surface area contributed by atoms with E-state index < -0.39 is 5.54 Å². The Bertz CT molecular complexity index is 413. The number of hydrogen-bond donors (Lipinski definition) is 2. The summed E-state index contributed by atoms with van der Waals surface area (Å²) in [6.07, 6.45) is 3.41. The molecule has 0 saturated carbocycles. The molecule has 0 aliphatic carbocycles. The lowest BCUT2D eigenvalue weighted by atomic mass is 10.1. The van der Waals surface area contributed by atoms with Gasteiger partial charge in [-0.25, -0.2) is 0 Å². The first-order chi connectivity index (χ1) is 9.48. The third-order valence-corrected chi connectivity index (χ3v) is 3.10. The largest absolute Gasteiger partial charge is 0.494 e. The fraction of sp³-hybridized carbons (Fsp3) is 0.562. The summed E-state index contributed by atoms with van der Waals surface area (Å²) in [5.74, 6) is 0.689. The van der Waals surface area contributed by atoms with Gasteiger partial charge in [0.25, 0.3) is 5.91 Å². The Morgan fingerprint density at radius 3 is 2.45 bits per heavy atom. The lowest BCUT2D eigenvalue weighted by molar-refractivity contribution is 0.0915. The average Bonchev–Trinajstić information content (AvgIpc) is 2.44. The van der Waals surface area contributed by atoms with Crippen LogP contribution >= 0.6 is 0 Å². The summed E-state index contributed by atoms with van der Waals surface area (Å²) in [6, 6.07) is 7.21. The smallest absolute Gasteiger partial charge is 0.251 e. The lowest BCUT2D eigenvalue weighted by Gasteiger charge is -2.24. The molecule has 0 aliphatic heterocycles. The molecule has 0 heterocycles. The van der Waals surface area contributed by atoms with Crippen LogP contribution in [0.1, 0.15) is 50.4 Å². The number of ether oxygens (including phenoxy) is 1. The van der Waals surface area contributed by atoms with Gasteiger partial charge in [-0.2, -0.15) is 0 Å². The molecule has 1 aromatic rings. The molecule has 0 unspecified atom stereocenters. The number of nitrogens with two attached hydrogens (primary N) is 1. The summed E-state index contributed by atoms with van der Waals surface area (Å²) < 4.78 is 5.61. The van der Waals surface area contributed by atoms with Crippen molar-refractivity contribution in [3.8, 4) is 5.75 Å². The molecule has 0 atom stereocenters. The predicted octanol–water partition coefficient (Wildman–Crippen LogP) is 2.72. The number of rotatable bonds is 8. The van der Waals surface area contributed by atoms with Crippen LogP contribution in [0.15, 0.2) is 24.3 Å². The van der Waals surface area contributed by atoms with E-state index in [9.17, 15) is 4.79 Å². The first-order valence-corrected chi connectivity index (χ1v) is 7.24. The fourth-order valence-corrected chi connectivity index (χ4v) is 1.68. The van der Waals surface area contributed by atoms with Gasteiger partial charge in [0.15, 0.2) is 0 Å². The maximum Gasteiger partial charge on any atom is 0.251 e. The average molecular weight is 278 g/mol. The maximum atomic E-state index is 12.0. The molecule has 1 aromatic carbocycles. The van der Waals surface area contributed by atoms with Crippen molar-refractivity contribution in [2.45, 2.75) is 45.6 Å². The number of amides is 1. The van der Waals surface area contributed by atoms with Crippen LogP contribution in [0.2, 0.25) is 0 Å². The van der Waals surface area contributed by atoms with Crippen LogP contribution in [-0.4, -0.2) is 24.6 Å². The van der Waals surface area contributed by atoms with Crippen molar-refractivity contribution in [3.63, 3.8) is 0 Å². The van der Waals surface area contributed by atoms with Gasteiger partial charge in [0.2, 0.25) is 0 Å². The Kier molecular flexibility index (Phi) is 6.52. The van der Waals surface area contributed by atoms with Crippen molar-refractivity contribution < 1.29 is 9.53 Å². The Labute approximate surface area is 121 Å².